The number of aryl methyl sites for hydroxylation is 1. The normalized spacial score (nSPS) is 24.8. The summed E-state index contributed by atoms with van der Waals surface area (Å²) in [4.78, 5) is 0. The van der Waals surface area contributed by atoms with Crippen molar-refractivity contribution in [2.24, 2.45) is 0 Å². The van der Waals surface area contributed by atoms with Gasteiger partial charge in [0.05, 0.1) is 12.2 Å². The fourth-order valence-electron chi connectivity index (χ4n) is 1.73. The molecule has 0 aromatic heterocycles. The molecule has 0 saturated heterocycles. The quantitative estimate of drug-likeness (QED) is 0.736. The maximum atomic E-state index is 5.99. The van der Waals surface area contributed by atoms with Crippen molar-refractivity contribution in [1.29, 1.82) is 0 Å². The number of fused-ring (bicyclic) bond motifs is 1. The molecule has 0 amide bonds. The van der Waals surface area contributed by atoms with Gasteiger partial charge >= 0.3 is 0 Å². The van der Waals surface area contributed by atoms with Crippen molar-refractivity contribution in [3.63, 3.8) is 0 Å². The summed E-state index contributed by atoms with van der Waals surface area (Å²) in [5.41, 5.74) is 2.35. The second kappa shape index (κ2) is 3.19. The van der Waals surface area contributed by atoms with Crippen molar-refractivity contribution in [2.45, 2.75) is 32.8 Å². The molecule has 1 atom stereocenters. The van der Waals surface area contributed by atoms with E-state index in [1.165, 1.54) is 5.56 Å². The van der Waals surface area contributed by atoms with Crippen LogP contribution >= 0.6 is 0 Å². The maximum Gasteiger partial charge on any atom is 0.143 e. The first-order valence-electron chi connectivity index (χ1n) is 5.17. The highest BCUT2D eigenvalue weighted by molar-refractivity contribution is 5.63. The van der Waals surface area contributed by atoms with E-state index in [9.17, 15) is 0 Å². The number of benzene rings is 1. The standard InChI is InChI=1S/C12H17NO/c1-4-12(3)8-13-11-9(2)6-5-7-10(11)14-12/h5-7,13H,4,8H2,1-3H3. The van der Waals surface area contributed by atoms with Crippen LogP contribution in [-0.4, -0.2) is 12.1 Å². The Bertz CT molecular complexity index is 348. The van der Waals surface area contributed by atoms with E-state index < -0.39 is 0 Å². The lowest BCUT2D eigenvalue weighted by molar-refractivity contribution is 0.0910. The van der Waals surface area contributed by atoms with E-state index in [1.807, 2.05) is 12.1 Å². The maximum absolute atomic E-state index is 5.99. The lowest BCUT2D eigenvalue weighted by Crippen LogP contribution is -2.42. The smallest absolute Gasteiger partial charge is 0.143 e. The lowest BCUT2D eigenvalue weighted by Gasteiger charge is -2.36. The predicted octanol–water partition coefficient (Wildman–Crippen LogP) is 2.97. The zero-order valence-corrected chi connectivity index (χ0v) is 9.05. The molecule has 1 aromatic rings. The van der Waals surface area contributed by atoms with Crippen LogP contribution in [0.5, 0.6) is 5.75 Å². The highest BCUT2D eigenvalue weighted by atomic mass is 16.5. The van der Waals surface area contributed by atoms with Crippen molar-refractivity contribution in [3.05, 3.63) is 23.8 Å². The Kier molecular flexibility index (Phi) is 2.14. The van der Waals surface area contributed by atoms with Crippen LogP contribution in [0.2, 0.25) is 0 Å². The van der Waals surface area contributed by atoms with Gasteiger partial charge in [-0.25, -0.2) is 0 Å². The van der Waals surface area contributed by atoms with Crippen molar-refractivity contribution < 1.29 is 4.74 Å². The number of hydrogen-bond acceptors (Lipinski definition) is 2. The fourth-order valence-corrected chi connectivity index (χ4v) is 1.73. The van der Waals surface area contributed by atoms with E-state index in [1.54, 1.807) is 0 Å². The second-order valence-corrected chi connectivity index (χ2v) is 4.21. The van der Waals surface area contributed by atoms with Gasteiger partial charge in [0.1, 0.15) is 11.4 Å². The first-order valence-corrected chi connectivity index (χ1v) is 5.17. The van der Waals surface area contributed by atoms with Gasteiger partial charge in [-0.1, -0.05) is 19.1 Å². The Morgan fingerprint density at radius 2 is 2.29 bits per heavy atom. The number of rotatable bonds is 1. The third kappa shape index (κ3) is 1.45. The van der Waals surface area contributed by atoms with E-state index >= 15 is 0 Å². The summed E-state index contributed by atoms with van der Waals surface area (Å²) in [6.45, 7) is 7.29. The largest absolute Gasteiger partial charge is 0.484 e. The molecule has 0 spiro atoms. The van der Waals surface area contributed by atoms with Gasteiger partial charge in [0, 0.05) is 0 Å². The van der Waals surface area contributed by atoms with E-state index in [0.29, 0.717) is 0 Å². The highest BCUT2D eigenvalue weighted by Crippen LogP contribution is 2.36. The second-order valence-electron chi connectivity index (χ2n) is 4.21. The van der Waals surface area contributed by atoms with Crippen LogP contribution < -0.4 is 10.1 Å². The Hall–Kier alpha value is -1.18. The average molecular weight is 191 g/mol. The molecule has 1 N–H and O–H groups in total. The molecule has 0 radical (unpaired) electrons. The molecule has 2 heteroatoms. The first-order chi connectivity index (χ1) is 6.64. The average Bonchev–Trinajstić information content (AvgIpc) is 2.18. The minimum atomic E-state index is -0.0548. The molecule has 0 saturated carbocycles. The zero-order chi connectivity index (χ0) is 10.2. The summed E-state index contributed by atoms with van der Waals surface area (Å²) in [5, 5.41) is 3.45. The van der Waals surface area contributed by atoms with E-state index in [4.69, 9.17) is 4.74 Å². The van der Waals surface area contributed by atoms with Crippen LogP contribution in [0.4, 0.5) is 5.69 Å². The molecule has 1 aliphatic heterocycles. The summed E-state index contributed by atoms with van der Waals surface area (Å²) in [5.74, 6) is 0.987. The molecule has 2 rings (SSSR count). The van der Waals surface area contributed by atoms with Gasteiger partial charge in [0.2, 0.25) is 0 Å². The Morgan fingerprint density at radius 1 is 1.50 bits per heavy atom. The summed E-state index contributed by atoms with van der Waals surface area (Å²) in [6.07, 6.45) is 1.02. The number of nitrogens with one attached hydrogen (secondary N) is 1. The fraction of sp³-hybridized carbons (Fsp3) is 0.500. The van der Waals surface area contributed by atoms with Gasteiger partial charge in [-0.3, -0.25) is 0 Å². The summed E-state index contributed by atoms with van der Waals surface area (Å²) < 4.78 is 5.99. The number of hydrogen-bond donors (Lipinski definition) is 1. The first kappa shape index (κ1) is 9.38. The molecule has 0 bridgehead atoms. The third-order valence-corrected chi connectivity index (χ3v) is 2.98. The van der Waals surface area contributed by atoms with Crippen LogP contribution in [0.25, 0.3) is 0 Å². The van der Waals surface area contributed by atoms with E-state index in [-0.39, 0.29) is 5.60 Å². The SMILES string of the molecule is CCC1(C)CNc2c(C)cccc2O1. The molecule has 0 fully saturated rings. The molecular weight excluding hydrogens is 174 g/mol. The van der Waals surface area contributed by atoms with Crippen LogP contribution in [0.3, 0.4) is 0 Å². The van der Waals surface area contributed by atoms with Gasteiger partial charge in [0.25, 0.3) is 0 Å². The highest BCUT2D eigenvalue weighted by Gasteiger charge is 2.29. The van der Waals surface area contributed by atoms with Gasteiger partial charge in [0.15, 0.2) is 0 Å². The van der Waals surface area contributed by atoms with Crippen LogP contribution in [0, 0.1) is 6.92 Å². The monoisotopic (exact) mass is 191 g/mol. The molecular formula is C12H17NO. The summed E-state index contributed by atoms with van der Waals surface area (Å²) >= 11 is 0. The van der Waals surface area contributed by atoms with Crippen molar-refractivity contribution in [2.75, 3.05) is 11.9 Å². The van der Waals surface area contributed by atoms with Gasteiger partial charge in [-0.05, 0) is 31.9 Å². The van der Waals surface area contributed by atoms with Gasteiger partial charge in [-0.2, -0.15) is 0 Å². The molecule has 14 heavy (non-hydrogen) atoms. The third-order valence-electron chi connectivity index (χ3n) is 2.98. The van der Waals surface area contributed by atoms with Crippen molar-refractivity contribution >= 4 is 5.69 Å². The molecule has 1 aromatic carbocycles. The van der Waals surface area contributed by atoms with Gasteiger partial charge in [-0.15, -0.1) is 0 Å². The van der Waals surface area contributed by atoms with E-state index in [2.05, 4.69) is 32.2 Å². The molecule has 2 nitrogen and oxygen atoms in total. The predicted molar refractivity (Wildman–Crippen MR) is 59.0 cm³/mol. The van der Waals surface area contributed by atoms with Crippen molar-refractivity contribution in [3.8, 4) is 5.75 Å². The van der Waals surface area contributed by atoms with Crippen LogP contribution in [0.1, 0.15) is 25.8 Å². The molecule has 1 aliphatic rings. The Balaban J connectivity index is 2.36. The number of anilines is 1. The molecule has 76 valence electrons. The topological polar surface area (TPSA) is 21.3 Å². The molecule has 1 unspecified atom stereocenters. The number of para-hydroxylation sites is 1. The lowest BCUT2D eigenvalue weighted by atomic mass is 10.0. The minimum Gasteiger partial charge on any atom is -0.484 e. The zero-order valence-electron chi connectivity index (χ0n) is 9.05. The van der Waals surface area contributed by atoms with Crippen LogP contribution in [-0.2, 0) is 0 Å². The van der Waals surface area contributed by atoms with Crippen molar-refractivity contribution in [1.82, 2.24) is 0 Å². The van der Waals surface area contributed by atoms with Crippen LogP contribution in [0.15, 0.2) is 18.2 Å². The summed E-state index contributed by atoms with van der Waals surface area (Å²) in [6, 6.07) is 6.17. The number of ether oxygens (including phenoxy) is 1. The van der Waals surface area contributed by atoms with Gasteiger partial charge < -0.3 is 10.1 Å². The molecule has 1 heterocycles. The van der Waals surface area contributed by atoms with E-state index in [0.717, 1.165) is 24.4 Å². The Labute approximate surface area is 85.3 Å². The molecule has 0 aliphatic carbocycles. The minimum absolute atomic E-state index is 0.0548. The Morgan fingerprint density at radius 3 is 3.00 bits per heavy atom. The summed E-state index contributed by atoms with van der Waals surface area (Å²) in [7, 11) is 0.